The Kier molecular flexibility index (Phi) is 3.57. The molecule has 1 aliphatic rings. The first-order chi connectivity index (χ1) is 9.29. The summed E-state index contributed by atoms with van der Waals surface area (Å²) in [5, 5.41) is 10.0. The third kappa shape index (κ3) is 2.67. The molecular weight excluding hydrogens is 256 g/mol. The van der Waals surface area contributed by atoms with Crippen LogP contribution in [0.5, 0.6) is 0 Å². The molecule has 4 nitrogen and oxygen atoms in total. The minimum atomic E-state index is 0.624. The number of aryl methyl sites for hydroxylation is 1. The van der Waals surface area contributed by atoms with Gasteiger partial charge in [-0.1, -0.05) is 42.1 Å². The summed E-state index contributed by atoms with van der Waals surface area (Å²) >= 11 is 1.83. The number of benzene rings is 1. The summed E-state index contributed by atoms with van der Waals surface area (Å²) in [7, 11) is 0. The molecule has 0 spiro atoms. The second kappa shape index (κ2) is 5.35. The third-order valence-electron chi connectivity index (χ3n) is 3.47. The van der Waals surface area contributed by atoms with E-state index >= 15 is 0 Å². The van der Waals surface area contributed by atoms with E-state index in [0.29, 0.717) is 17.7 Å². The zero-order chi connectivity index (χ0) is 13.2. The van der Waals surface area contributed by atoms with E-state index in [-0.39, 0.29) is 0 Å². The van der Waals surface area contributed by atoms with Gasteiger partial charge in [0, 0.05) is 18.3 Å². The highest BCUT2D eigenvalue weighted by molar-refractivity contribution is 8.00. The fourth-order valence-corrected chi connectivity index (χ4v) is 3.66. The summed E-state index contributed by atoms with van der Waals surface area (Å²) < 4.78 is 2.12. The highest BCUT2D eigenvalue weighted by Gasteiger charge is 2.40. The zero-order valence-corrected chi connectivity index (χ0v) is 11.8. The summed E-state index contributed by atoms with van der Waals surface area (Å²) in [6, 6.07) is 10.7. The van der Waals surface area contributed by atoms with Crippen LogP contribution in [-0.2, 0) is 6.54 Å². The molecule has 3 rings (SSSR count). The van der Waals surface area contributed by atoms with Gasteiger partial charge in [-0.2, -0.15) is 0 Å². The maximum Gasteiger partial charge on any atom is 0.191 e. The molecule has 5 heteroatoms. The van der Waals surface area contributed by atoms with Crippen molar-refractivity contribution in [3.63, 3.8) is 0 Å². The molecule has 2 unspecified atom stereocenters. The Morgan fingerprint density at radius 1 is 1.32 bits per heavy atom. The molecule has 1 aromatic carbocycles. The third-order valence-corrected chi connectivity index (χ3v) is 4.81. The van der Waals surface area contributed by atoms with Crippen LogP contribution in [0.3, 0.4) is 0 Å². The molecule has 1 aliphatic carbocycles. The van der Waals surface area contributed by atoms with Gasteiger partial charge in [-0.25, -0.2) is 0 Å². The molecule has 1 fully saturated rings. The average Bonchev–Trinajstić information content (AvgIpc) is 3.13. The molecular formula is C14H18N4S. The molecule has 1 heterocycles. The molecule has 0 bridgehead atoms. The van der Waals surface area contributed by atoms with Crippen molar-refractivity contribution in [3.8, 4) is 0 Å². The van der Waals surface area contributed by atoms with Gasteiger partial charge in [0.2, 0.25) is 0 Å². The smallest absolute Gasteiger partial charge is 0.191 e. The van der Waals surface area contributed by atoms with E-state index in [0.717, 1.165) is 17.5 Å². The lowest BCUT2D eigenvalue weighted by atomic mass is 10.1. The van der Waals surface area contributed by atoms with Crippen molar-refractivity contribution >= 4 is 11.8 Å². The number of hydrogen-bond donors (Lipinski definition) is 1. The van der Waals surface area contributed by atoms with Gasteiger partial charge in [0.1, 0.15) is 5.82 Å². The standard InChI is InChI=1S/C14H18N4S/c1-10-16-17-14(18(10)8-7-15)19-13-9-12(13)11-5-3-2-4-6-11/h2-6,12-13H,7-9,15H2,1H3. The lowest BCUT2D eigenvalue weighted by Crippen LogP contribution is -2.12. The number of nitrogens with zero attached hydrogens (tertiary/aromatic N) is 3. The van der Waals surface area contributed by atoms with Crippen LogP contribution in [-0.4, -0.2) is 26.6 Å². The molecule has 1 aromatic heterocycles. The Morgan fingerprint density at radius 3 is 2.84 bits per heavy atom. The van der Waals surface area contributed by atoms with Crippen LogP contribution in [0.25, 0.3) is 0 Å². The fourth-order valence-electron chi connectivity index (χ4n) is 2.32. The van der Waals surface area contributed by atoms with Crippen molar-refractivity contribution in [2.75, 3.05) is 6.54 Å². The van der Waals surface area contributed by atoms with Gasteiger partial charge in [0.25, 0.3) is 0 Å². The van der Waals surface area contributed by atoms with Crippen LogP contribution < -0.4 is 5.73 Å². The van der Waals surface area contributed by atoms with Crippen molar-refractivity contribution in [2.24, 2.45) is 5.73 Å². The first-order valence-corrected chi connectivity index (χ1v) is 7.49. The van der Waals surface area contributed by atoms with Crippen LogP contribution in [0.1, 0.15) is 23.7 Å². The second-order valence-corrected chi connectivity index (χ2v) is 6.09. The van der Waals surface area contributed by atoms with Crippen LogP contribution in [0.15, 0.2) is 35.5 Å². The Bertz CT molecular complexity index is 552. The number of nitrogens with two attached hydrogens (primary N) is 1. The fraction of sp³-hybridized carbons (Fsp3) is 0.429. The first-order valence-electron chi connectivity index (χ1n) is 6.61. The molecule has 0 saturated heterocycles. The van der Waals surface area contributed by atoms with E-state index in [1.165, 1.54) is 12.0 Å². The summed E-state index contributed by atoms with van der Waals surface area (Å²) in [6.07, 6.45) is 1.23. The van der Waals surface area contributed by atoms with Gasteiger partial charge in [0.05, 0.1) is 0 Å². The zero-order valence-electron chi connectivity index (χ0n) is 11.0. The molecule has 2 aromatic rings. The lowest BCUT2D eigenvalue weighted by Gasteiger charge is -2.06. The molecule has 0 radical (unpaired) electrons. The highest BCUT2D eigenvalue weighted by Crippen LogP contribution is 2.51. The van der Waals surface area contributed by atoms with Gasteiger partial charge >= 0.3 is 0 Å². The normalized spacial score (nSPS) is 21.6. The van der Waals surface area contributed by atoms with Crippen LogP contribution in [0, 0.1) is 6.92 Å². The van der Waals surface area contributed by atoms with Gasteiger partial charge < -0.3 is 10.3 Å². The maximum absolute atomic E-state index is 5.64. The van der Waals surface area contributed by atoms with Gasteiger partial charge in [0.15, 0.2) is 5.16 Å². The topological polar surface area (TPSA) is 56.7 Å². The highest BCUT2D eigenvalue weighted by atomic mass is 32.2. The van der Waals surface area contributed by atoms with Gasteiger partial charge in [-0.05, 0) is 24.8 Å². The Balaban J connectivity index is 1.68. The summed E-state index contributed by atoms with van der Waals surface area (Å²) in [5.74, 6) is 1.61. The van der Waals surface area contributed by atoms with Gasteiger partial charge in [-0.15, -0.1) is 10.2 Å². The Labute approximate surface area is 117 Å². The molecule has 100 valence electrons. The predicted octanol–water partition coefficient (Wildman–Crippen LogP) is 2.19. The van der Waals surface area contributed by atoms with E-state index < -0.39 is 0 Å². The first kappa shape index (κ1) is 12.7. The molecule has 1 saturated carbocycles. The number of thioether (sulfide) groups is 1. The SMILES string of the molecule is Cc1nnc(SC2CC2c2ccccc2)n1CCN. The Hall–Kier alpha value is -1.33. The Morgan fingerprint density at radius 2 is 2.11 bits per heavy atom. The largest absolute Gasteiger partial charge is 0.329 e. The summed E-state index contributed by atoms with van der Waals surface area (Å²) in [5.41, 5.74) is 7.07. The van der Waals surface area contributed by atoms with E-state index in [9.17, 15) is 0 Å². The predicted molar refractivity (Wildman–Crippen MR) is 77.3 cm³/mol. The second-order valence-electron chi connectivity index (χ2n) is 4.88. The van der Waals surface area contributed by atoms with Crippen molar-refractivity contribution in [2.45, 2.75) is 36.2 Å². The van der Waals surface area contributed by atoms with E-state index in [2.05, 4.69) is 45.1 Å². The maximum atomic E-state index is 5.64. The summed E-state index contributed by atoms with van der Waals surface area (Å²) in [4.78, 5) is 0. The number of aromatic nitrogens is 3. The summed E-state index contributed by atoms with van der Waals surface area (Å²) in [6.45, 7) is 3.40. The van der Waals surface area contributed by atoms with Crippen molar-refractivity contribution in [1.82, 2.24) is 14.8 Å². The average molecular weight is 274 g/mol. The van der Waals surface area contributed by atoms with Crippen LogP contribution >= 0.6 is 11.8 Å². The molecule has 2 N–H and O–H groups in total. The monoisotopic (exact) mass is 274 g/mol. The molecule has 2 atom stereocenters. The molecule has 0 amide bonds. The van der Waals surface area contributed by atoms with E-state index in [1.807, 2.05) is 18.7 Å². The van der Waals surface area contributed by atoms with Crippen LogP contribution in [0.4, 0.5) is 0 Å². The number of rotatable bonds is 5. The van der Waals surface area contributed by atoms with Crippen LogP contribution in [0.2, 0.25) is 0 Å². The van der Waals surface area contributed by atoms with E-state index in [1.54, 1.807) is 0 Å². The van der Waals surface area contributed by atoms with E-state index in [4.69, 9.17) is 5.73 Å². The molecule has 19 heavy (non-hydrogen) atoms. The lowest BCUT2D eigenvalue weighted by molar-refractivity contribution is 0.627. The molecule has 0 aliphatic heterocycles. The van der Waals surface area contributed by atoms with Crippen molar-refractivity contribution < 1.29 is 0 Å². The minimum Gasteiger partial charge on any atom is -0.329 e. The quantitative estimate of drug-likeness (QED) is 0.908. The van der Waals surface area contributed by atoms with Gasteiger partial charge in [-0.3, -0.25) is 0 Å². The van der Waals surface area contributed by atoms with Crippen molar-refractivity contribution in [3.05, 3.63) is 41.7 Å². The van der Waals surface area contributed by atoms with Crippen molar-refractivity contribution in [1.29, 1.82) is 0 Å². The minimum absolute atomic E-state index is 0.624. The number of hydrogen-bond acceptors (Lipinski definition) is 4.